The van der Waals surface area contributed by atoms with Crippen LogP contribution in [0.5, 0.6) is 0 Å². The zero-order chi connectivity index (χ0) is 51.4. The van der Waals surface area contributed by atoms with Crippen molar-refractivity contribution in [2.45, 2.75) is 86.6 Å². The van der Waals surface area contributed by atoms with Gasteiger partial charge in [0.1, 0.15) is 34.7 Å². The first-order valence-corrected chi connectivity index (χ1v) is 24.1. The average Bonchev–Trinajstić information content (AvgIpc) is 4.26. The van der Waals surface area contributed by atoms with Gasteiger partial charge in [-0.1, -0.05) is 80.0 Å². The second-order valence-electron chi connectivity index (χ2n) is 15.2. The van der Waals surface area contributed by atoms with Gasteiger partial charge >= 0.3 is 37.9 Å². The number of furan rings is 4. The predicted octanol–water partition coefficient (Wildman–Crippen LogP) is 8.31. The molecule has 18 heteroatoms. The Morgan fingerprint density at radius 2 is 1.03 bits per heavy atom. The van der Waals surface area contributed by atoms with Gasteiger partial charge in [0.2, 0.25) is 11.5 Å². The van der Waals surface area contributed by atoms with Crippen LogP contribution >= 0.6 is 15.9 Å². The molecule has 5 heterocycles. The van der Waals surface area contributed by atoms with Crippen molar-refractivity contribution >= 4 is 103 Å². The summed E-state index contributed by atoms with van der Waals surface area (Å²) in [5, 5.41) is 28.6. The zero-order valence-electron chi connectivity index (χ0n) is 43.4. The van der Waals surface area contributed by atoms with E-state index in [0.29, 0.717) is 23.4 Å². The monoisotopic (exact) mass is 1070 g/mol. The van der Waals surface area contributed by atoms with Crippen LogP contribution in [-0.4, -0.2) is 98.5 Å². The van der Waals surface area contributed by atoms with Crippen LogP contribution in [0.1, 0.15) is 110 Å². The van der Waals surface area contributed by atoms with E-state index in [0.717, 1.165) is 94.7 Å². The molecule has 4 aromatic carbocycles. The summed E-state index contributed by atoms with van der Waals surface area (Å²) in [6.07, 6.45) is 6.63. The van der Waals surface area contributed by atoms with Gasteiger partial charge in [-0.3, -0.25) is 4.79 Å². The molecule has 1 fully saturated rings. The van der Waals surface area contributed by atoms with Crippen LogP contribution in [0.2, 0.25) is 6.32 Å². The summed E-state index contributed by atoms with van der Waals surface area (Å²) >= 11 is 3.32. The Kier molecular flexibility index (Phi) is 32.7. The number of aryl methyl sites for hydroxylation is 3. The van der Waals surface area contributed by atoms with Gasteiger partial charge in [-0.05, 0) is 130 Å². The first kappa shape index (κ1) is 65.1. The Hall–Kier alpha value is -4.88. The van der Waals surface area contributed by atoms with Crippen LogP contribution in [0.4, 0.5) is 0 Å². The molecule has 384 valence electrons. The largest absolute Gasteiger partial charge is 1.00 e. The van der Waals surface area contributed by atoms with Gasteiger partial charge < -0.3 is 53.2 Å². The Morgan fingerprint density at radius 1 is 0.625 bits per heavy atom. The molecule has 1 aliphatic heterocycles. The summed E-state index contributed by atoms with van der Waals surface area (Å²) in [5.74, 6) is 0.592. The molecule has 0 unspecified atom stereocenters. The maximum absolute atomic E-state index is 11.2. The second-order valence-corrected chi connectivity index (χ2v) is 16.1. The molecule has 1 saturated heterocycles. The van der Waals surface area contributed by atoms with E-state index >= 15 is 0 Å². The Morgan fingerprint density at radius 3 is 1.39 bits per heavy atom. The number of methoxy groups -OCH3 is 2. The van der Waals surface area contributed by atoms with E-state index in [-0.39, 0.29) is 55.8 Å². The van der Waals surface area contributed by atoms with Crippen LogP contribution < -0.4 is 18.9 Å². The number of carbonyl (C=O) groups is 3. The van der Waals surface area contributed by atoms with Crippen LogP contribution in [0.15, 0.2) is 119 Å². The molecule has 4 aromatic heterocycles. The van der Waals surface area contributed by atoms with Crippen LogP contribution in [0, 0.1) is 0 Å². The molecule has 72 heavy (non-hydrogen) atoms. The van der Waals surface area contributed by atoms with Crippen molar-refractivity contribution in [3.63, 3.8) is 0 Å². The van der Waals surface area contributed by atoms with E-state index in [1.165, 1.54) is 43.8 Å². The van der Waals surface area contributed by atoms with Gasteiger partial charge in [-0.2, -0.15) is 0 Å². The van der Waals surface area contributed by atoms with Gasteiger partial charge in [0.15, 0.2) is 29.4 Å². The number of hydrogen-bond acceptors (Lipinski definition) is 14. The van der Waals surface area contributed by atoms with Crippen molar-refractivity contribution in [2.75, 3.05) is 40.6 Å². The number of carbonyl (C=O) groups excluding carboxylic acids is 3. The molecule has 0 atom stereocenters. The van der Waals surface area contributed by atoms with Crippen LogP contribution in [0.3, 0.4) is 0 Å². The van der Waals surface area contributed by atoms with E-state index in [4.69, 9.17) is 42.3 Å². The van der Waals surface area contributed by atoms with E-state index in [2.05, 4.69) is 52.2 Å². The summed E-state index contributed by atoms with van der Waals surface area (Å²) in [7, 11) is 1.55. The van der Waals surface area contributed by atoms with Crippen molar-refractivity contribution in [1.82, 2.24) is 0 Å². The van der Waals surface area contributed by atoms with E-state index in [1.807, 2.05) is 86.6 Å². The molecule has 0 radical (unpaired) electrons. The van der Waals surface area contributed by atoms with E-state index in [9.17, 15) is 14.4 Å². The Balaban J connectivity index is 0.000000855. The summed E-state index contributed by atoms with van der Waals surface area (Å²) in [5.41, 5.74) is 6.72. The van der Waals surface area contributed by atoms with Gasteiger partial charge in [0.05, 0.1) is 14.2 Å². The molecule has 0 aliphatic carbocycles. The molecule has 0 spiro atoms. The molecule has 1 aliphatic rings. The van der Waals surface area contributed by atoms with Crippen molar-refractivity contribution in [3.05, 3.63) is 141 Å². The number of aliphatic hydroxyl groups is 1. The third-order valence-corrected chi connectivity index (χ3v) is 10.7. The summed E-state index contributed by atoms with van der Waals surface area (Å²) in [6, 6.07) is 30.6. The fourth-order valence-electron chi connectivity index (χ4n) is 6.22. The minimum absolute atomic E-state index is 0. The number of halogens is 1. The molecule has 9 rings (SSSR count). The fraction of sp³-hybridized carbons (Fsp3) is 0.352. The Bertz CT molecular complexity index is 2790. The third-order valence-electron chi connectivity index (χ3n) is 10.2. The summed E-state index contributed by atoms with van der Waals surface area (Å²) in [4.78, 5) is 32.8. The number of esters is 2. The number of benzene rings is 4. The third kappa shape index (κ3) is 22.1. The molecule has 14 nitrogen and oxygen atoms in total. The second kappa shape index (κ2) is 36.1. The number of fused-ring (bicyclic) bond motifs is 4. The fourth-order valence-corrected chi connectivity index (χ4v) is 6.56. The van der Waals surface area contributed by atoms with Crippen molar-refractivity contribution in [3.8, 4) is 0 Å². The zero-order valence-corrected chi connectivity index (χ0v) is 44.0. The first-order chi connectivity index (χ1) is 33.8. The standard InChI is InChI=1S/C12H12O3.C11H12O2.C11H10O2.C10H7BrO3.C4H8O.C4H10O.C2H7BO2.Al.Li.4H/c1-3-8-4-5-9-7-11(12(13)14-2)15-10(9)6-8;2*1-2-8-3-4-9-6-10(7-12)13-11(9)5-8;1-13-10(12)9-4-6-2-3-7(11)5-8(6)14-9;1-2-4-5-3-1;1-3-5-4-2;1-2-3(4)5;;;;;;/h4-7H,3H2,1-2H3;3-6,12H,2,7H2,1H3;3-7H,2H2,1H3;2-5H,1H3;1-4H2;3-4H2,1-2H3;4-5H,2H2,1H3;;;;;;/q;;;;;;;;+1;;;;-1. The van der Waals surface area contributed by atoms with Crippen LogP contribution in [0.25, 0.3) is 43.9 Å². The molecule has 0 saturated carbocycles. The predicted molar refractivity (Wildman–Crippen MR) is 289 cm³/mol. The van der Waals surface area contributed by atoms with Crippen molar-refractivity contribution in [1.29, 1.82) is 0 Å². The van der Waals surface area contributed by atoms with Gasteiger partial charge in [0, 0.05) is 52.4 Å². The molecule has 0 amide bonds. The number of aldehydes is 1. The normalized spacial score (nSPS) is 10.9. The summed E-state index contributed by atoms with van der Waals surface area (Å²) < 4.78 is 41.2. The molecular weight excluding hydrogens is 997 g/mol. The minimum Gasteiger partial charge on any atom is -1.00 e. The van der Waals surface area contributed by atoms with E-state index in [1.54, 1.807) is 25.1 Å². The van der Waals surface area contributed by atoms with Crippen LogP contribution in [-0.2, 0) is 44.8 Å². The maximum atomic E-state index is 11.2. The molecule has 0 bridgehead atoms. The van der Waals surface area contributed by atoms with Gasteiger partial charge in [0.25, 0.3) is 0 Å². The van der Waals surface area contributed by atoms with Crippen molar-refractivity contribution in [2.24, 2.45) is 0 Å². The topological polar surface area (TPSA) is 201 Å². The van der Waals surface area contributed by atoms with E-state index < -0.39 is 19.1 Å². The van der Waals surface area contributed by atoms with Crippen molar-refractivity contribution < 1.29 is 86.4 Å². The number of hydrogen-bond donors (Lipinski definition) is 3. The molecule has 8 aromatic rings. The van der Waals surface area contributed by atoms with Gasteiger partial charge in [-0.25, -0.2) is 9.59 Å². The maximum Gasteiger partial charge on any atom is 1.00 e. The number of rotatable bonds is 10. The molecule has 3 N–H and O–H groups in total. The average molecular weight is 1070 g/mol. The SMILES string of the molecule is C1CCOC1.CCB(O)O.CCOCC.CCc1ccc2cc(C(=O)OC)oc2c1.CCc1ccc2cc(C=O)oc2c1.CCc1ccc2cc(CO)oc2c1.COC(=O)c1cc2ccc(Br)cc2o1.[AlH3].[H-].[Li+]. The molecular formula is C54H70AlBBrLiO14. The Labute approximate surface area is 454 Å². The number of aliphatic hydroxyl groups excluding tert-OH is 1. The first-order valence-electron chi connectivity index (χ1n) is 23.3. The quantitative estimate of drug-likeness (QED) is 0.0671. The smallest absolute Gasteiger partial charge is 1.00 e. The minimum atomic E-state index is -1.12. The summed E-state index contributed by atoms with van der Waals surface area (Å²) in [6.45, 7) is 15.6. The number of ether oxygens (including phenoxy) is 4. The van der Waals surface area contributed by atoms with Gasteiger partial charge in [-0.15, -0.1) is 0 Å².